The molecular formula is C14H25N3O4. The molecule has 1 fully saturated rings. The fourth-order valence-corrected chi connectivity index (χ4v) is 2.70. The molecule has 1 saturated heterocycles. The quantitative estimate of drug-likeness (QED) is 0.810. The minimum absolute atomic E-state index is 0.0300. The molecule has 1 aliphatic rings. The molecule has 0 aliphatic carbocycles. The molecular weight excluding hydrogens is 274 g/mol. The number of hydrogen-bond acceptors (Lipinski definition) is 3. The summed E-state index contributed by atoms with van der Waals surface area (Å²) in [5.74, 6) is -1.19. The summed E-state index contributed by atoms with van der Waals surface area (Å²) in [6.45, 7) is 7.16. The molecule has 7 nitrogen and oxygen atoms in total. The maximum Gasteiger partial charge on any atom is 0.326 e. The Balaban J connectivity index is 2.70. The molecule has 7 heteroatoms. The molecule has 0 aromatic heterocycles. The molecule has 0 spiro atoms. The van der Waals surface area contributed by atoms with Crippen LogP contribution in [0.3, 0.4) is 0 Å². The first kappa shape index (κ1) is 17.3. The summed E-state index contributed by atoms with van der Waals surface area (Å²) in [6.07, 6.45) is 0.667. The van der Waals surface area contributed by atoms with E-state index in [2.05, 4.69) is 0 Å². The van der Waals surface area contributed by atoms with E-state index in [4.69, 9.17) is 0 Å². The molecule has 0 aromatic carbocycles. The second kappa shape index (κ2) is 7.28. The molecule has 1 rings (SSSR count). The van der Waals surface area contributed by atoms with Gasteiger partial charge in [0, 0.05) is 26.7 Å². The lowest BCUT2D eigenvalue weighted by atomic mass is 10.0. The van der Waals surface area contributed by atoms with Crippen LogP contribution in [0, 0.1) is 5.92 Å². The van der Waals surface area contributed by atoms with E-state index >= 15 is 0 Å². The van der Waals surface area contributed by atoms with Gasteiger partial charge in [0.05, 0.1) is 0 Å². The average Bonchev–Trinajstić information content (AvgIpc) is 2.81. The lowest BCUT2D eigenvalue weighted by Gasteiger charge is -2.29. The number of aliphatic carboxylic acids is 1. The van der Waals surface area contributed by atoms with E-state index in [9.17, 15) is 19.5 Å². The monoisotopic (exact) mass is 299 g/mol. The highest BCUT2D eigenvalue weighted by Crippen LogP contribution is 2.25. The van der Waals surface area contributed by atoms with E-state index < -0.39 is 18.0 Å². The second-order valence-electron chi connectivity index (χ2n) is 5.45. The van der Waals surface area contributed by atoms with Crippen molar-refractivity contribution in [3.63, 3.8) is 0 Å². The van der Waals surface area contributed by atoms with Crippen LogP contribution in [-0.2, 0) is 9.59 Å². The first-order chi connectivity index (χ1) is 9.83. The number of urea groups is 1. The third kappa shape index (κ3) is 3.86. The van der Waals surface area contributed by atoms with Crippen LogP contribution < -0.4 is 0 Å². The molecule has 0 bridgehead atoms. The number of carbonyl (C=O) groups is 3. The fourth-order valence-electron chi connectivity index (χ4n) is 2.70. The van der Waals surface area contributed by atoms with Gasteiger partial charge < -0.3 is 19.8 Å². The van der Waals surface area contributed by atoms with Gasteiger partial charge in [0.25, 0.3) is 0 Å². The molecule has 1 N–H and O–H groups in total. The Morgan fingerprint density at radius 2 is 1.81 bits per heavy atom. The highest BCUT2D eigenvalue weighted by Gasteiger charge is 2.40. The van der Waals surface area contributed by atoms with Crippen molar-refractivity contribution in [2.45, 2.75) is 33.2 Å². The highest BCUT2D eigenvalue weighted by atomic mass is 16.4. The Bertz CT molecular complexity index is 409. The van der Waals surface area contributed by atoms with Crippen LogP contribution in [0.15, 0.2) is 0 Å². The molecule has 3 amide bonds. The lowest BCUT2D eigenvalue weighted by Crippen LogP contribution is -2.50. The minimum Gasteiger partial charge on any atom is -0.480 e. The van der Waals surface area contributed by atoms with Gasteiger partial charge in [-0.05, 0) is 26.2 Å². The number of amides is 3. The number of nitrogens with zero attached hydrogens (tertiary/aromatic N) is 3. The largest absolute Gasteiger partial charge is 0.480 e. The summed E-state index contributed by atoms with van der Waals surface area (Å²) >= 11 is 0. The van der Waals surface area contributed by atoms with Crippen molar-refractivity contribution in [3.8, 4) is 0 Å². The van der Waals surface area contributed by atoms with E-state index in [1.165, 1.54) is 16.8 Å². The van der Waals surface area contributed by atoms with Gasteiger partial charge in [0.2, 0.25) is 5.91 Å². The van der Waals surface area contributed by atoms with Crippen LogP contribution in [0.1, 0.15) is 27.2 Å². The zero-order valence-electron chi connectivity index (χ0n) is 13.2. The number of rotatable bonds is 5. The van der Waals surface area contributed by atoms with Crippen molar-refractivity contribution in [1.82, 2.24) is 14.7 Å². The fraction of sp³-hybridized carbons (Fsp3) is 0.786. The van der Waals surface area contributed by atoms with E-state index in [-0.39, 0.29) is 18.4 Å². The summed E-state index contributed by atoms with van der Waals surface area (Å²) in [4.78, 5) is 39.9. The van der Waals surface area contributed by atoms with Crippen LogP contribution in [0.5, 0.6) is 0 Å². The van der Waals surface area contributed by atoms with E-state index in [1.54, 1.807) is 4.90 Å². The molecule has 120 valence electrons. The summed E-state index contributed by atoms with van der Waals surface area (Å²) < 4.78 is 0. The molecule has 1 heterocycles. The smallest absolute Gasteiger partial charge is 0.326 e. The summed E-state index contributed by atoms with van der Waals surface area (Å²) in [6, 6.07) is -1.20. The Morgan fingerprint density at radius 1 is 1.24 bits per heavy atom. The Morgan fingerprint density at radius 3 is 2.29 bits per heavy atom. The van der Waals surface area contributed by atoms with E-state index in [1.807, 2.05) is 20.8 Å². The number of carboxylic acids is 1. The second-order valence-corrected chi connectivity index (χ2v) is 5.45. The number of likely N-dealkylation sites (tertiary alicyclic amines) is 1. The summed E-state index contributed by atoms with van der Waals surface area (Å²) in [5.41, 5.74) is 0. The molecule has 0 radical (unpaired) electrons. The highest BCUT2D eigenvalue weighted by molar-refractivity contribution is 5.87. The standard InChI is InChI=1S/C14H25N3O4/c1-5-16(6-2)11(18)9-15(4)14(21)17-8-7-10(3)12(17)13(19)20/h10,12H,5-9H2,1-4H3,(H,19,20). The van der Waals surface area contributed by atoms with Gasteiger partial charge in [0.1, 0.15) is 12.6 Å². The predicted octanol–water partition coefficient (Wildman–Crippen LogP) is 0.702. The van der Waals surface area contributed by atoms with Crippen molar-refractivity contribution >= 4 is 17.9 Å². The van der Waals surface area contributed by atoms with Gasteiger partial charge in [-0.2, -0.15) is 0 Å². The van der Waals surface area contributed by atoms with Crippen LogP contribution in [-0.4, -0.2) is 77.0 Å². The van der Waals surface area contributed by atoms with E-state index in [0.717, 1.165) is 0 Å². The predicted molar refractivity (Wildman–Crippen MR) is 77.9 cm³/mol. The Labute approximate surface area is 125 Å². The maximum atomic E-state index is 12.4. The van der Waals surface area contributed by atoms with Gasteiger partial charge in [-0.3, -0.25) is 4.79 Å². The van der Waals surface area contributed by atoms with Gasteiger partial charge in [-0.15, -0.1) is 0 Å². The number of hydrogen-bond donors (Lipinski definition) is 1. The normalized spacial score (nSPS) is 21.2. The molecule has 0 aromatic rings. The molecule has 1 aliphatic heterocycles. The van der Waals surface area contributed by atoms with Gasteiger partial charge >= 0.3 is 12.0 Å². The number of carboxylic acid groups (broad SMARTS) is 1. The van der Waals surface area contributed by atoms with Gasteiger partial charge in [-0.25, -0.2) is 9.59 Å². The third-order valence-electron chi connectivity index (χ3n) is 4.01. The maximum absolute atomic E-state index is 12.4. The minimum atomic E-state index is -0.989. The zero-order valence-corrected chi connectivity index (χ0v) is 13.2. The van der Waals surface area contributed by atoms with Crippen molar-refractivity contribution in [1.29, 1.82) is 0 Å². The first-order valence-corrected chi connectivity index (χ1v) is 7.35. The number of likely N-dealkylation sites (N-methyl/N-ethyl adjacent to an activating group) is 2. The third-order valence-corrected chi connectivity index (χ3v) is 4.01. The topological polar surface area (TPSA) is 81.2 Å². The van der Waals surface area contributed by atoms with Gasteiger partial charge in [-0.1, -0.05) is 6.92 Å². The average molecular weight is 299 g/mol. The zero-order chi connectivity index (χ0) is 16.2. The van der Waals surface area contributed by atoms with Crippen LogP contribution >= 0.6 is 0 Å². The van der Waals surface area contributed by atoms with Crippen molar-refractivity contribution in [2.75, 3.05) is 33.2 Å². The summed E-state index contributed by atoms with van der Waals surface area (Å²) in [5, 5.41) is 9.24. The van der Waals surface area contributed by atoms with Crippen molar-refractivity contribution < 1.29 is 19.5 Å². The van der Waals surface area contributed by atoms with Crippen LogP contribution in [0.2, 0.25) is 0 Å². The SMILES string of the molecule is CCN(CC)C(=O)CN(C)C(=O)N1CCC(C)C1C(=O)O. The summed E-state index contributed by atoms with van der Waals surface area (Å²) in [7, 11) is 1.53. The van der Waals surface area contributed by atoms with Crippen LogP contribution in [0.4, 0.5) is 4.79 Å². The molecule has 0 saturated carbocycles. The van der Waals surface area contributed by atoms with Crippen molar-refractivity contribution in [2.24, 2.45) is 5.92 Å². The lowest BCUT2D eigenvalue weighted by molar-refractivity contribution is -0.142. The van der Waals surface area contributed by atoms with E-state index in [0.29, 0.717) is 26.1 Å². The van der Waals surface area contributed by atoms with Crippen LogP contribution in [0.25, 0.3) is 0 Å². The number of carbonyl (C=O) groups excluding carboxylic acids is 2. The van der Waals surface area contributed by atoms with Crippen molar-refractivity contribution in [3.05, 3.63) is 0 Å². The van der Waals surface area contributed by atoms with Gasteiger partial charge in [0.15, 0.2) is 0 Å². The first-order valence-electron chi connectivity index (χ1n) is 7.35. The Kier molecular flexibility index (Phi) is 5.99. The molecule has 2 atom stereocenters. The molecule has 21 heavy (non-hydrogen) atoms. The Hall–Kier alpha value is -1.79. The molecule has 2 unspecified atom stereocenters.